The lowest BCUT2D eigenvalue weighted by atomic mass is 9.63. The molecule has 1 saturated carbocycles. The van der Waals surface area contributed by atoms with Crippen LogP contribution in [0.5, 0.6) is 0 Å². The van der Waals surface area contributed by atoms with Crippen LogP contribution in [0.2, 0.25) is 5.02 Å². The highest BCUT2D eigenvalue weighted by atomic mass is 35.5. The minimum absolute atomic E-state index is 0.00168. The fourth-order valence-corrected chi connectivity index (χ4v) is 3.94. The second-order valence-corrected chi connectivity index (χ2v) is 6.60. The molecule has 2 N–H and O–H groups in total. The van der Waals surface area contributed by atoms with Gasteiger partial charge < -0.3 is 14.6 Å². The standard InChI is InChI=1S/C17H18ClNO2/c1-9-6-11-13(17(8-19)4-3-5-17)15-12(7-10(2)20-15)14(18)16(11)21-9/h6-7H,3-5,8,19H2,1-2H3. The first kappa shape index (κ1) is 13.2. The van der Waals surface area contributed by atoms with Crippen LogP contribution >= 0.6 is 11.6 Å². The van der Waals surface area contributed by atoms with Crippen molar-refractivity contribution in [3.8, 4) is 0 Å². The molecule has 0 amide bonds. The molecule has 0 unspecified atom stereocenters. The van der Waals surface area contributed by atoms with Crippen LogP contribution in [0.1, 0.15) is 36.3 Å². The second kappa shape index (κ2) is 4.28. The summed E-state index contributed by atoms with van der Waals surface area (Å²) < 4.78 is 11.8. The first-order valence-electron chi connectivity index (χ1n) is 7.38. The molecule has 1 aliphatic rings. The Morgan fingerprint density at radius 2 is 1.71 bits per heavy atom. The smallest absolute Gasteiger partial charge is 0.154 e. The van der Waals surface area contributed by atoms with Crippen LogP contribution in [-0.2, 0) is 5.41 Å². The fourth-order valence-electron chi connectivity index (χ4n) is 3.66. The van der Waals surface area contributed by atoms with Gasteiger partial charge in [-0.2, -0.15) is 0 Å². The fraction of sp³-hybridized carbons (Fsp3) is 0.412. The van der Waals surface area contributed by atoms with Gasteiger partial charge in [0.1, 0.15) is 17.1 Å². The molecule has 4 rings (SSSR count). The zero-order chi connectivity index (χ0) is 14.8. The van der Waals surface area contributed by atoms with Crippen molar-refractivity contribution in [3.05, 3.63) is 34.2 Å². The van der Waals surface area contributed by atoms with Crippen LogP contribution in [0, 0.1) is 13.8 Å². The maximum atomic E-state index is 6.54. The quantitative estimate of drug-likeness (QED) is 0.737. The molecule has 2 heterocycles. The van der Waals surface area contributed by atoms with E-state index in [4.69, 9.17) is 26.2 Å². The highest BCUT2D eigenvalue weighted by Crippen LogP contribution is 2.51. The molecule has 0 aliphatic heterocycles. The Kier molecular flexibility index (Phi) is 2.69. The average molecular weight is 304 g/mol. The molecule has 1 fully saturated rings. The highest BCUT2D eigenvalue weighted by molar-refractivity contribution is 6.40. The number of nitrogens with two attached hydrogens (primary N) is 1. The summed E-state index contributed by atoms with van der Waals surface area (Å²) in [5.41, 5.74) is 8.97. The van der Waals surface area contributed by atoms with Crippen molar-refractivity contribution >= 4 is 33.5 Å². The Morgan fingerprint density at radius 3 is 2.29 bits per heavy atom. The monoisotopic (exact) mass is 303 g/mol. The molecule has 0 radical (unpaired) electrons. The average Bonchev–Trinajstić information content (AvgIpc) is 2.95. The van der Waals surface area contributed by atoms with Gasteiger partial charge in [0.15, 0.2) is 5.58 Å². The molecule has 21 heavy (non-hydrogen) atoms. The number of halogens is 1. The van der Waals surface area contributed by atoms with Gasteiger partial charge in [-0.3, -0.25) is 0 Å². The van der Waals surface area contributed by atoms with Gasteiger partial charge in [-0.1, -0.05) is 18.0 Å². The highest BCUT2D eigenvalue weighted by Gasteiger charge is 2.42. The van der Waals surface area contributed by atoms with E-state index in [-0.39, 0.29) is 5.41 Å². The molecular formula is C17H18ClNO2. The van der Waals surface area contributed by atoms with Crippen LogP contribution in [0.15, 0.2) is 21.0 Å². The van der Waals surface area contributed by atoms with Crippen molar-refractivity contribution in [1.82, 2.24) is 0 Å². The van der Waals surface area contributed by atoms with Gasteiger partial charge in [0.05, 0.1) is 5.02 Å². The normalized spacial score (nSPS) is 17.5. The molecule has 0 atom stereocenters. The van der Waals surface area contributed by atoms with E-state index in [2.05, 4.69) is 6.07 Å². The summed E-state index contributed by atoms with van der Waals surface area (Å²) in [7, 11) is 0. The van der Waals surface area contributed by atoms with E-state index in [1.54, 1.807) is 0 Å². The maximum absolute atomic E-state index is 6.54. The maximum Gasteiger partial charge on any atom is 0.154 e. The largest absolute Gasteiger partial charge is 0.461 e. The van der Waals surface area contributed by atoms with Gasteiger partial charge in [-0.25, -0.2) is 0 Å². The van der Waals surface area contributed by atoms with Gasteiger partial charge in [0, 0.05) is 28.3 Å². The lowest BCUT2D eigenvalue weighted by Gasteiger charge is -2.41. The van der Waals surface area contributed by atoms with E-state index in [9.17, 15) is 0 Å². The summed E-state index contributed by atoms with van der Waals surface area (Å²) >= 11 is 6.54. The molecule has 3 nitrogen and oxygen atoms in total. The Balaban J connectivity index is 2.20. The predicted octanol–water partition coefficient (Wildman–Crippen LogP) is 4.83. The van der Waals surface area contributed by atoms with Crippen LogP contribution in [0.3, 0.4) is 0 Å². The van der Waals surface area contributed by atoms with E-state index in [0.29, 0.717) is 11.6 Å². The van der Waals surface area contributed by atoms with Crippen LogP contribution in [0.4, 0.5) is 0 Å². The molecule has 2 aromatic heterocycles. The minimum Gasteiger partial charge on any atom is -0.461 e. The number of aryl methyl sites for hydroxylation is 2. The Bertz CT molecular complexity index is 792. The molecule has 0 saturated heterocycles. The van der Waals surface area contributed by atoms with Crippen molar-refractivity contribution < 1.29 is 8.83 Å². The molecule has 1 aromatic carbocycles. The van der Waals surface area contributed by atoms with Gasteiger partial charge >= 0.3 is 0 Å². The topological polar surface area (TPSA) is 52.3 Å². The Morgan fingerprint density at radius 1 is 1.10 bits per heavy atom. The van der Waals surface area contributed by atoms with Crippen molar-refractivity contribution in [3.63, 3.8) is 0 Å². The number of hydrogen-bond donors (Lipinski definition) is 1. The SMILES string of the molecule is Cc1cc2c(C3(CN)CCC3)c3oc(C)cc3c(Cl)c2o1. The van der Waals surface area contributed by atoms with E-state index >= 15 is 0 Å². The summed E-state index contributed by atoms with van der Waals surface area (Å²) in [4.78, 5) is 0. The zero-order valence-electron chi connectivity index (χ0n) is 12.3. The van der Waals surface area contributed by atoms with Gasteiger partial charge in [-0.05, 0) is 38.8 Å². The third-order valence-corrected chi connectivity index (χ3v) is 5.25. The van der Waals surface area contributed by atoms with Crippen molar-refractivity contribution in [2.45, 2.75) is 38.5 Å². The molecule has 110 valence electrons. The van der Waals surface area contributed by atoms with Crippen molar-refractivity contribution in [1.29, 1.82) is 0 Å². The molecule has 1 aliphatic carbocycles. The summed E-state index contributed by atoms with van der Waals surface area (Å²) in [5, 5.41) is 2.63. The number of hydrogen-bond acceptors (Lipinski definition) is 3. The van der Waals surface area contributed by atoms with Crippen LogP contribution in [-0.4, -0.2) is 6.54 Å². The third-order valence-electron chi connectivity index (χ3n) is 4.87. The summed E-state index contributed by atoms with van der Waals surface area (Å²) in [6, 6.07) is 4.05. The number of furan rings is 2. The van der Waals surface area contributed by atoms with Gasteiger partial charge in [0.2, 0.25) is 0 Å². The number of rotatable bonds is 2. The zero-order valence-corrected chi connectivity index (χ0v) is 13.0. The lowest BCUT2D eigenvalue weighted by molar-refractivity contribution is 0.255. The molecule has 0 bridgehead atoms. The molecular weight excluding hydrogens is 286 g/mol. The Hall–Kier alpha value is -1.45. The van der Waals surface area contributed by atoms with Crippen LogP contribution < -0.4 is 5.73 Å². The Labute approximate surface area is 128 Å². The molecule has 4 heteroatoms. The summed E-state index contributed by atoms with van der Waals surface area (Å²) in [6.45, 7) is 4.52. The van der Waals surface area contributed by atoms with Gasteiger partial charge in [-0.15, -0.1) is 0 Å². The predicted molar refractivity (Wildman–Crippen MR) is 85.1 cm³/mol. The summed E-state index contributed by atoms with van der Waals surface area (Å²) in [5.74, 6) is 1.73. The van der Waals surface area contributed by atoms with E-state index in [0.717, 1.165) is 46.3 Å². The minimum atomic E-state index is 0.00168. The first-order chi connectivity index (χ1) is 10.1. The van der Waals surface area contributed by atoms with Crippen molar-refractivity contribution in [2.75, 3.05) is 6.54 Å². The summed E-state index contributed by atoms with van der Waals surface area (Å²) in [6.07, 6.45) is 3.40. The first-order valence-corrected chi connectivity index (χ1v) is 7.76. The number of benzene rings is 1. The molecule has 0 spiro atoms. The van der Waals surface area contributed by atoms with E-state index in [1.165, 1.54) is 12.0 Å². The lowest BCUT2D eigenvalue weighted by Crippen LogP contribution is -2.41. The van der Waals surface area contributed by atoms with E-state index in [1.807, 2.05) is 19.9 Å². The van der Waals surface area contributed by atoms with E-state index < -0.39 is 0 Å². The van der Waals surface area contributed by atoms with Gasteiger partial charge in [0.25, 0.3) is 0 Å². The van der Waals surface area contributed by atoms with Crippen LogP contribution in [0.25, 0.3) is 21.9 Å². The molecule has 3 aromatic rings. The number of fused-ring (bicyclic) bond motifs is 2. The second-order valence-electron chi connectivity index (χ2n) is 6.23. The van der Waals surface area contributed by atoms with Crippen molar-refractivity contribution in [2.24, 2.45) is 5.73 Å². The third kappa shape index (κ3) is 1.65.